The number of anilines is 3. The molecule has 0 unspecified atom stereocenters. The Labute approximate surface area is 189 Å². The summed E-state index contributed by atoms with van der Waals surface area (Å²) in [6.45, 7) is 8.69. The van der Waals surface area contributed by atoms with Crippen LogP contribution >= 0.6 is 0 Å². The van der Waals surface area contributed by atoms with Gasteiger partial charge in [0.05, 0.1) is 0 Å². The fourth-order valence-electron chi connectivity index (χ4n) is 3.64. The number of amides is 1. The van der Waals surface area contributed by atoms with Crippen molar-refractivity contribution in [3.05, 3.63) is 71.4 Å². The molecule has 0 spiro atoms. The highest BCUT2D eigenvalue weighted by atomic mass is 16.5. The van der Waals surface area contributed by atoms with Crippen molar-refractivity contribution in [3.63, 3.8) is 0 Å². The Morgan fingerprint density at radius 3 is 2.41 bits per heavy atom. The number of carbonyl (C=O) groups excluding carboxylic acids is 1. The number of hydrogen-bond donors (Lipinski definition) is 1. The molecule has 2 heterocycles. The highest BCUT2D eigenvalue weighted by Crippen LogP contribution is 2.20. The van der Waals surface area contributed by atoms with Gasteiger partial charge in [-0.05, 0) is 50.6 Å². The SMILES string of the molecule is Cc1ccc(Nc2cc(C)nc(N3CCN(C(=O)COc4cccc(C)c4)CC3)n2)cc1. The normalized spacial score (nSPS) is 13.7. The zero-order valence-electron chi connectivity index (χ0n) is 18.8. The standard InChI is InChI=1S/C25H29N5O2/c1-18-7-9-21(10-8-18)27-23-16-20(3)26-25(28-23)30-13-11-29(12-14-30)24(31)17-32-22-6-4-5-19(2)15-22/h4-10,15-16H,11-14,17H2,1-3H3,(H,26,27,28). The molecule has 1 aliphatic rings. The summed E-state index contributed by atoms with van der Waals surface area (Å²) in [5.41, 5.74) is 4.21. The Hall–Kier alpha value is -3.61. The van der Waals surface area contributed by atoms with Crippen molar-refractivity contribution in [1.29, 1.82) is 0 Å². The molecule has 1 amide bonds. The Morgan fingerprint density at radius 2 is 1.69 bits per heavy atom. The van der Waals surface area contributed by atoms with E-state index in [9.17, 15) is 4.79 Å². The smallest absolute Gasteiger partial charge is 0.260 e. The molecule has 3 aromatic rings. The van der Waals surface area contributed by atoms with E-state index in [-0.39, 0.29) is 12.5 Å². The molecule has 0 saturated carbocycles. The Morgan fingerprint density at radius 1 is 0.938 bits per heavy atom. The zero-order valence-corrected chi connectivity index (χ0v) is 18.8. The van der Waals surface area contributed by atoms with Crippen LogP contribution in [0.4, 0.5) is 17.5 Å². The number of aromatic nitrogens is 2. The van der Waals surface area contributed by atoms with Crippen molar-refractivity contribution >= 4 is 23.4 Å². The summed E-state index contributed by atoms with van der Waals surface area (Å²) in [4.78, 5) is 25.9. The molecule has 1 aliphatic heterocycles. The Bertz CT molecular complexity index is 1080. The average molecular weight is 432 g/mol. The van der Waals surface area contributed by atoms with Crippen molar-refractivity contribution in [3.8, 4) is 5.75 Å². The molecule has 0 aliphatic carbocycles. The van der Waals surface area contributed by atoms with Gasteiger partial charge in [0.1, 0.15) is 11.6 Å². The molecule has 4 rings (SSSR count). The van der Waals surface area contributed by atoms with E-state index in [1.807, 2.05) is 61.2 Å². The summed E-state index contributed by atoms with van der Waals surface area (Å²) < 4.78 is 5.67. The van der Waals surface area contributed by atoms with E-state index in [1.165, 1.54) is 5.56 Å². The summed E-state index contributed by atoms with van der Waals surface area (Å²) in [6.07, 6.45) is 0. The molecule has 1 aromatic heterocycles. The van der Waals surface area contributed by atoms with Crippen molar-refractivity contribution in [1.82, 2.24) is 14.9 Å². The molecular weight excluding hydrogens is 402 g/mol. The van der Waals surface area contributed by atoms with Gasteiger partial charge >= 0.3 is 0 Å². The molecule has 2 aromatic carbocycles. The minimum atomic E-state index is -0.00181. The van der Waals surface area contributed by atoms with Gasteiger partial charge in [-0.15, -0.1) is 0 Å². The third-order valence-corrected chi connectivity index (χ3v) is 5.43. The molecule has 7 nitrogen and oxygen atoms in total. The van der Waals surface area contributed by atoms with Gasteiger partial charge in [-0.25, -0.2) is 4.98 Å². The number of hydrogen-bond acceptors (Lipinski definition) is 6. The molecule has 0 bridgehead atoms. The molecule has 7 heteroatoms. The van der Waals surface area contributed by atoms with Gasteiger partial charge in [0.25, 0.3) is 5.91 Å². The van der Waals surface area contributed by atoms with Crippen molar-refractivity contribution < 1.29 is 9.53 Å². The molecule has 166 valence electrons. The van der Waals surface area contributed by atoms with Gasteiger partial charge in [0.15, 0.2) is 6.61 Å². The van der Waals surface area contributed by atoms with Gasteiger partial charge in [-0.2, -0.15) is 4.98 Å². The van der Waals surface area contributed by atoms with Crippen LogP contribution < -0.4 is 15.0 Å². The predicted molar refractivity (Wildman–Crippen MR) is 127 cm³/mol. The number of benzene rings is 2. The maximum absolute atomic E-state index is 12.6. The van der Waals surface area contributed by atoms with Crippen LogP contribution in [0.1, 0.15) is 16.8 Å². The summed E-state index contributed by atoms with van der Waals surface area (Å²) >= 11 is 0. The fraction of sp³-hybridized carbons (Fsp3) is 0.320. The number of piperazine rings is 1. The highest BCUT2D eigenvalue weighted by molar-refractivity contribution is 5.78. The number of carbonyl (C=O) groups is 1. The van der Waals surface area contributed by atoms with Gasteiger partial charge in [-0.1, -0.05) is 29.8 Å². The van der Waals surface area contributed by atoms with E-state index >= 15 is 0 Å². The van der Waals surface area contributed by atoms with Gasteiger partial charge in [0, 0.05) is 43.6 Å². The fourth-order valence-corrected chi connectivity index (χ4v) is 3.64. The van der Waals surface area contributed by atoms with Crippen LogP contribution in [-0.4, -0.2) is 53.6 Å². The third-order valence-electron chi connectivity index (χ3n) is 5.43. The first-order valence-electron chi connectivity index (χ1n) is 10.9. The van der Waals surface area contributed by atoms with Crippen LogP contribution in [0.15, 0.2) is 54.6 Å². The minimum Gasteiger partial charge on any atom is -0.484 e. The van der Waals surface area contributed by atoms with E-state index in [4.69, 9.17) is 9.72 Å². The lowest BCUT2D eigenvalue weighted by Gasteiger charge is -2.34. The second-order valence-corrected chi connectivity index (χ2v) is 8.16. The largest absolute Gasteiger partial charge is 0.484 e. The molecule has 0 radical (unpaired) electrons. The van der Waals surface area contributed by atoms with Crippen LogP contribution in [0.3, 0.4) is 0 Å². The number of nitrogens with one attached hydrogen (secondary N) is 1. The second kappa shape index (κ2) is 9.68. The first-order chi connectivity index (χ1) is 15.5. The van der Waals surface area contributed by atoms with Gasteiger partial charge in [-0.3, -0.25) is 4.79 Å². The van der Waals surface area contributed by atoms with Crippen LogP contribution in [-0.2, 0) is 4.79 Å². The van der Waals surface area contributed by atoms with Gasteiger partial charge in [0.2, 0.25) is 5.95 Å². The average Bonchev–Trinajstić information content (AvgIpc) is 2.79. The van der Waals surface area contributed by atoms with E-state index in [0.29, 0.717) is 32.1 Å². The summed E-state index contributed by atoms with van der Waals surface area (Å²) in [5.74, 6) is 2.17. The second-order valence-electron chi connectivity index (χ2n) is 8.16. The summed E-state index contributed by atoms with van der Waals surface area (Å²) in [7, 11) is 0. The highest BCUT2D eigenvalue weighted by Gasteiger charge is 2.23. The maximum atomic E-state index is 12.6. The Kier molecular flexibility index (Phi) is 6.54. The molecule has 32 heavy (non-hydrogen) atoms. The lowest BCUT2D eigenvalue weighted by Crippen LogP contribution is -2.50. The number of nitrogens with zero attached hydrogens (tertiary/aromatic N) is 4. The lowest BCUT2D eigenvalue weighted by atomic mass is 10.2. The molecular formula is C25H29N5O2. The van der Waals surface area contributed by atoms with E-state index in [1.54, 1.807) is 0 Å². The summed E-state index contributed by atoms with van der Waals surface area (Å²) in [5, 5.41) is 3.36. The maximum Gasteiger partial charge on any atom is 0.260 e. The van der Waals surface area contributed by atoms with E-state index < -0.39 is 0 Å². The molecule has 0 atom stereocenters. The quantitative estimate of drug-likeness (QED) is 0.639. The van der Waals surface area contributed by atoms with Crippen molar-refractivity contribution in [2.45, 2.75) is 20.8 Å². The lowest BCUT2D eigenvalue weighted by molar-refractivity contribution is -0.133. The van der Waals surface area contributed by atoms with Crippen LogP contribution in [0.5, 0.6) is 5.75 Å². The van der Waals surface area contributed by atoms with Crippen molar-refractivity contribution in [2.75, 3.05) is 43.0 Å². The molecule has 1 N–H and O–H groups in total. The van der Waals surface area contributed by atoms with Crippen LogP contribution in [0.25, 0.3) is 0 Å². The number of aryl methyl sites for hydroxylation is 3. The predicted octanol–water partition coefficient (Wildman–Crippen LogP) is 3.87. The topological polar surface area (TPSA) is 70.6 Å². The Balaban J connectivity index is 1.33. The minimum absolute atomic E-state index is 0.00181. The van der Waals surface area contributed by atoms with Crippen LogP contribution in [0, 0.1) is 20.8 Å². The number of ether oxygens (including phenoxy) is 1. The first kappa shape index (κ1) is 21.6. The molecule has 1 fully saturated rings. The van der Waals surface area contributed by atoms with Crippen LogP contribution in [0.2, 0.25) is 0 Å². The monoisotopic (exact) mass is 431 g/mol. The first-order valence-corrected chi connectivity index (χ1v) is 10.9. The third kappa shape index (κ3) is 5.55. The zero-order chi connectivity index (χ0) is 22.5. The van der Waals surface area contributed by atoms with E-state index in [2.05, 4.69) is 34.3 Å². The van der Waals surface area contributed by atoms with Gasteiger partial charge < -0.3 is 19.9 Å². The number of rotatable bonds is 6. The molecule has 1 saturated heterocycles. The summed E-state index contributed by atoms with van der Waals surface area (Å²) in [6, 6.07) is 17.9. The van der Waals surface area contributed by atoms with E-state index in [0.717, 1.165) is 28.5 Å². The van der Waals surface area contributed by atoms with Crippen molar-refractivity contribution in [2.24, 2.45) is 0 Å².